The fourth-order valence-electron chi connectivity index (χ4n) is 3.70. The summed E-state index contributed by atoms with van der Waals surface area (Å²) in [6.45, 7) is 9.44. The molecule has 0 bridgehead atoms. The van der Waals surface area contributed by atoms with Crippen LogP contribution >= 0.6 is 0 Å². The molecule has 0 aromatic rings. The minimum absolute atomic E-state index is 0.0526. The molecule has 5 heteroatoms. The maximum Gasteiger partial charge on any atom is 0.239 e. The number of nitrogens with two attached hydrogens (primary N) is 1. The zero-order valence-corrected chi connectivity index (χ0v) is 15.0. The molecule has 3 atom stereocenters. The number of carbonyl (C=O) groups excluding carboxylic acids is 2. The van der Waals surface area contributed by atoms with Crippen molar-refractivity contribution in [2.75, 3.05) is 26.2 Å². The minimum Gasteiger partial charge on any atom is -0.342 e. The van der Waals surface area contributed by atoms with Crippen LogP contribution in [0.2, 0.25) is 0 Å². The molecule has 0 radical (unpaired) electrons. The highest BCUT2D eigenvalue weighted by Crippen LogP contribution is 2.24. The summed E-state index contributed by atoms with van der Waals surface area (Å²) in [6, 6.07) is -0.407. The summed E-state index contributed by atoms with van der Waals surface area (Å²) in [6.07, 6.45) is 4.82. The maximum atomic E-state index is 12.7. The number of likely N-dealkylation sites (tertiary alicyclic amines) is 2. The fourth-order valence-corrected chi connectivity index (χ4v) is 3.70. The van der Waals surface area contributed by atoms with Crippen molar-refractivity contribution in [2.24, 2.45) is 23.5 Å². The van der Waals surface area contributed by atoms with Crippen molar-refractivity contribution in [3.8, 4) is 0 Å². The first-order chi connectivity index (χ1) is 10.9. The molecule has 0 spiro atoms. The molecule has 3 unspecified atom stereocenters. The van der Waals surface area contributed by atoms with Crippen LogP contribution in [0.4, 0.5) is 0 Å². The van der Waals surface area contributed by atoms with E-state index < -0.39 is 6.04 Å². The second kappa shape index (κ2) is 8.13. The summed E-state index contributed by atoms with van der Waals surface area (Å²) >= 11 is 0. The molecule has 23 heavy (non-hydrogen) atoms. The van der Waals surface area contributed by atoms with Gasteiger partial charge in [0.25, 0.3) is 0 Å². The van der Waals surface area contributed by atoms with Gasteiger partial charge in [0, 0.05) is 32.1 Å². The second-order valence-electron chi connectivity index (χ2n) is 7.54. The Labute approximate surface area is 140 Å². The molecule has 0 aromatic heterocycles. The third-order valence-corrected chi connectivity index (χ3v) is 5.67. The van der Waals surface area contributed by atoms with E-state index in [1.807, 2.05) is 16.7 Å². The van der Waals surface area contributed by atoms with Crippen LogP contribution < -0.4 is 5.73 Å². The van der Waals surface area contributed by atoms with E-state index in [-0.39, 0.29) is 17.7 Å². The zero-order valence-electron chi connectivity index (χ0n) is 15.0. The molecule has 2 fully saturated rings. The Morgan fingerprint density at radius 1 is 1.13 bits per heavy atom. The molecule has 132 valence electrons. The molecule has 0 saturated carbocycles. The molecule has 0 aromatic carbocycles. The van der Waals surface area contributed by atoms with Crippen LogP contribution in [-0.4, -0.2) is 53.8 Å². The summed E-state index contributed by atoms with van der Waals surface area (Å²) < 4.78 is 0. The van der Waals surface area contributed by atoms with Crippen LogP contribution in [0, 0.1) is 17.8 Å². The van der Waals surface area contributed by atoms with Crippen LogP contribution in [-0.2, 0) is 9.59 Å². The number of hydrogen-bond donors (Lipinski definition) is 1. The largest absolute Gasteiger partial charge is 0.342 e. The van der Waals surface area contributed by atoms with Gasteiger partial charge in [-0.3, -0.25) is 9.59 Å². The highest BCUT2D eigenvalue weighted by Gasteiger charge is 2.33. The van der Waals surface area contributed by atoms with Crippen molar-refractivity contribution in [2.45, 2.75) is 58.9 Å². The van der Waals surface area contributed by atoms with E-state index in [2.05, 4.69) is 13.8 Å². The maximum absolute atomic E-state index is 12.7. The number of carbonyl (C=O) groups is 2. The molecule has 2 saturated heterocycles. The third-order valence-electron chi connectivity index (χ3n) is 5.67. The van der Waals surface area contributed by atoms with E-state index in [9.17, 15) is 9.59 Å². The smallest absolute Gasteiger partial charge is 0.239 e. The van der Waals surface area contributed by atoms with Crippen LogP contribution in [0.25, 0.3) is 0 Å². The lowest BCUT2D eigenvalue weighted by molar-refractivity contribution is -0.142. The van der Waals surface area contributed by atoms with Crippen molar-refractivity contribution in [3.63, 3.8) is 0 Å². The van der Waals surface area contributed by atoms with Crippen LogP contribution in [0.3, 0.4) is 0 Å². The third kappa shape index (κ3) is 4.46. The van der Waals surface area contributed by atoms with Gasteiger partial charge in [-0.25, -0.2) is 0 Å². The van der Waals surface area contributed by atoms with Gasteiger partial charge in [0.15, 0.2) is 0 Å². The summed E-state index contributed by atoms with van der Waals surface area (Å²) in [7, 11) is 0. The predicted octanol–water partition coefficient (Wildman–Crippen LogP) is 1.86. The van der Waals surface area contributed by atoms with Crippen molar-refractivity contribution >= 4 is 11.8 Å². The Bertz CT molecular complexity index is 418. The van der Waals surface area contributed by atoms with Gasteiger partial charge in [0.05, 0.1) is 6.04 Å². The van der Waals surface area contributed by atoms with E-state index in [1.165, 1.54) is 6.42 Å². The highest BCUT2D eigenvalue weighted by atomic mass is 16.2. The first-order valence-electron chi connectivity index (χ1n) is 9.27. The Balaban J connectivity index is 1.83. The lowest BCUT2D eigenvalue weighted by Gasteiger charge is -2.38. The molecular formula is C18H33N3O2. The van der Waals surface area contributed by atoms with Gasteiger partial charge in [-0.05, 0) is 37.5 Å². The Kier molecular flexibility index (Phi) is 6.45. The highest BCUT2D eigenvalue weighted by molar-refractivity contribution is 5.83. The van der Waals surface area contributed by atoms with Crippen molar-refractivity contribution in [1.82, 2.24) is 9.80 Å². The number of amides is 2. The van der Waals surface area contributed by atoms with E-state index in [0.717, 1.165) is 38.8 Å². The lowest BCUT2D eigenvalue weighted by Crippen LogP contribution is -2.51. The van der Waals surface area contributed by atoms with Gasteiger partial charge in [-0.2, -0.15) is 0 Å². The van der Waals surface area contributed by atoms with Crippen LogP contribution in [0.15, 0.2) is 0 Å². The van der Waals surface area contributed by atoms with Gasteiger partial charge in [0.2, 0.25) is 11.8 Å². The molecule has 0 aliphatic carbocycles. The number of piperidine rings is 2. The summed E-state index contributed by atoms with van der Waals surface area (Å²) in [5, 5.41) is 0. The quantitative estimate of drug-likeness (QED) is 0.858. The lowest BCUT2D eigenvalue weighted by atomic mass is 9.91. The van der Waals surface area contributed by atoms with Crippen molar-refractivity contribution in [3.05, 3.63) is 0 Å². The Morgan fingerprint density at radius 3 is 2.35 bits per heavy atom. The molecule has 2 aliphatic rings. The zero-order chi connectivity index (χ0) is 17.0. The fraction of sp³-hybridized carbons (Fsp3) is 0.889. The summed E-state index contributed by atoms with van der Waals surface area (Å²) in [5.74, 6) is 1.26. The molecule has 2 rings (SSSR count). The first kappa shape index (κ1) is 18.2. The van der Waals surface area contributed by atoms with Gasteiger partial charge in [-0.1, -0.05) is 27.2 Å². The van der Waals surface area contributed by atoms with Crippen LogP contribution in [0.1, 0.15) is 52.9 Å². The van der Waals surface area contributed by atoms with Gasteiger partial charge in [-0.15, -0.1) is 0 Å². The molecule has 2 amide bonds. The van der Waals surface area contributed by atoms with Crippen molar-refractivity contribution < 1.29 is 9.59 Å². The average Bonchev–Trinajstić information content (AvgIpc) is 2.59. The van der Waals surface area contributed by atoms with E-state index in [0.29, 0.717) is 24.9 Å². The SMILES string of the molecule is CCC(C)C(N)C(=O)N1CCC(C(=O)N2CCCC(C)C2)CC1. The van der Waals surface area contributed by atoms with Gasteiger partial charge < -0.3 is 15.5 Å². The number of nitrogens with zero attached hydrogens (tertiary/aromatic N) is 2. The molecule has 2 heterocycles. The molecular weight excluding hydrogens is 290 g/mol. The minimum atomic E-state index is -0.407. The normalized spacial score (nSPS) is 26.0. The van der Waals surface area contributed by atoms with E-state index in [1.54, 1.807) is 0 Å². The second-order valence-corrected chi connectivity index (χ2v) is 7.54. The molecule has 2 N–H and O–H groups in total. The first-order valence-corrected chi connectivity index (χ1v) is 9.27. The van der Waals surface area contributed by atoms with Crippen LogP contribution in [0.5, 0.6) is 0 Å². The number of hydrogen-bond acceptors (Lipinski definition) is 3. The van der Waals surface area contributed by atoms with E-state index in [4.69, 9.17) is 5.73 Å². The monoisotopic (exact) mass is 323 g/mol. The van der Waals surface area contributed by atoms with Gasteiger partial charge >= 0.3 is 0 Å². The standard InChI is InChI=1S/C18H33N3O2/c1-4-14(3)16(19)18(23)20-10-7-15(8-11-20)17(22)21-9-5-6-13(2)12-21/h13-16H,4-12,19H2,1-3H3. The molecule has 2 aliphatic heterocycles. The topological polar surface area (TPSA) is 66.6 Å². The number of rotatable bonds is 4. The van der Waals surface area contributed by atoms with Gasteiger partial charge in [0.1, 0.15) is 0 Å². The Hall–Kier alpha value is -1.10. The average molecular weight is 323 g/mol. The van der Waals surface area contributed by atoms with E-state index >= 15 is 0 Å². The Morgan fingerprint density at radius 2 is 1.78 bits per heavy atom. The van der Waals surface area contributed by atoms with Crippen molar-refractivity contribution in [1.29, 1.82) is 0 Å². The summed E-state index contributed by atoms with van der Waals surface area (Å²) in [4.78, 5) is 29.0. The summed E-state index contributed by atoms with van der Waals surface area (Å²) in [5.41, 5.74) is 6.06. The molecule has 5 nitrogen and oxygen atoms in total. The predicted molar refractivity (Wildman–Crippen MR) is 91.7 cm³/mol.